The Hall–Kier alpha value is -1.77. The van der Waals surface area contributed by atoms with Gasteiger partial charge >= 0.3 is 0 Å². The third-order valence-corrected chi connectivity index (χ3v) is 3.29. The van der Waals surface area contributed by atoms with Gasteiger partial charge in [0.2, 0.25) is 5.75 Å². The zero-order chi connectivity index (χ0) is 13.4. The van der Waals surface area contributed by atoms with Gasteiger partial charge in [0.05, 0.1) is 5.39 Å². The first kappa shape index (κ1) is 12.7. The van der Waals surface area contributed by atoms with Crippen LogP contribution in [0.4, 0.5) is 0 Å². The Morgan fingerprint density at radius 1 is 1.00 bits per heavy atom. The lowest BCUT2D eigenvalue weighted by Crippen LogP contribution is -2.36. The average molecular weight is 246 g/mol. The molecule has 0 atom stereocenters. The summed E-state index contributed by atoms with van der Waals surface area (Å²) in [6.45, 7) is 8.35. The molecule has 96 valence electrons. The Balaban J connectivity index is 2.91. The highest BCUT2D eigenvalue weighted by atomic mass is 16.3. The molecule has 2 aromatic rings. The molecule has 0 unspecified atom stereocenters. The van der Waals surface area contributed by atoms with Crippen molar-refractivity contribution >= 4 is 10.9 Å². The molecule has 2 N–H and O–H groups in total. The standard InChI is InChI=1S/C15H19NO2/c1-9(2)11-7-8-16(10(3)4)14-12(11)5-6-13(17)15(14)18/h5-10,18H,1-4H3/p+1. The topological polar surface area (TPSA) is 44.3 Å². The molecule has 0 bridgehead atoms. The predicted molar refractivity (Wildman–Crippen MR) is 71.9 cm³/mol. The molecule has 0 aliphatic rings. The van der Waals surface area contributed by atoms with Crippen molar-refractivity contribution in [3.63, 3.8) is 0 Å². The molecule has 1 aromatic heterocycles. The normalized spacial score (nSPS) is 11.7. The number of nitrogens with zero attached hydrogens (tertiary/aromatic N) is 1. The summed E-state index contributed by atoms with van der Waals surface area (Å²) in [6, 6.07) is 5.73. The van der Waals surface area contributed by atoms with Crippen LogP contribution in [0.5, 0.6) is 11.5 Å². The first-order valence-corrected chi connectivity index (χ1v) is 6.32. The number of benzene rings is 1. The molecule has 3 nitrogen and oxygen atoms in total. The summed E-state index contributed by atoms with van der Waals surface area (Å²) in [6.07, 6.45) is 1.97. The predicted octanol–water partition coefficient (Wildman–Crippen LogP) is 3.24. The van der Waals surface area contributed by atoms with E-state index in [1.165, 1.54) is 5.56 Å². The summed E-state index contributed by atoms with van der Waals surface area (Å²) in [4.78, 5) is 0. The number of phenols is 2. The van der Waals surface area contributed by atoms with E-state index in [1.807, 2.05) is 16.8 Å². The van der Waals surface area contributed by atoms with Crippen molar-refractivity contribution in [2.45, 2.75) is 39.7 Å². The number of hydrogen-bond donors (Lipinski definition) is 2. The van der Waals surface area contributed by atoms with Gasteiger partial charge in [-0.3, -0.25) is 0 Å². The van der Waals surface area contributed by atoms with Crippen molar-refractivity contribution in [3.8, 4) is 11.5 Å². The van der Waals surface area contributed by atoms with E-state index in [0.29, 0.717) is 11.4 Å². The smallest absolute Gasteiger partial charge is 0.259 e. The van der Waals surface area contributed by atoms with Gasteiger partial charge in [-0.05, 0) is 37.5 Å². The van der Waals surface area contributed by atoms with Crippen molar-refractivity contribution < 1.29 is 14.8 Å². The van der Waals surface area contributed by atoms with Crippen molar-refractivity contribution in [2.75, 3.05) is 0 Å². The minimum Gasteiger partial charge on any atom is -0.504 e. The van der Waals surface area contributed by atoms with Crippen LogP contribution in [0.25, 0.3) is 10.9 Å². The molecule has 0 aliphatic carbocycles. The second kappa shape index (κ2) is 4.48. The molecule has 0 radical (unpaired) electrons. The Kier molecular flexibility index (Phi) is 3.16. The maximum atomic E-state index is 10.1. The number of pyridine rings is 1. The highest BCUT2D eigenvalue weighted by Gasteiger charge is 2.22. The molecule has 0 spiro atoms. The molecular weight excluding hydrogens is 226 g/mol. The SMILES string of the molecule is CC(C)c1cc[n+](C(C)C)c2c(O)c(O)ccc12. The fourth-order valence-corrected chi connectivity index (χ4v) is 2.32. The molecule has 1 aromatic carbocycles. The molecule has 0 aliphatic heterocycles. The highest BCUT2D eigenvalue weighted by Crippen LogP contribution is 2.35. The molecule has 2 rings (SSSR count). The Labute approximate surface area is 107 Å². The third kappa shape index (κ3) is 1.90. The maximum Gasteiger partial charge on any atom is 0.259 e. The Morgan fingerprint density at radius 3 is 2.22 bits per heavy atom. The fourth-order valence-electron chi connectivity index (χ4n) is 2.32. The van der Waals surface area contributed by atoms with Gasteiger partial charge in [-0.15, -0.1) is 0 Å². The molecule has 3 heteroatoms. The van der Waals surface area contributed by atoms with Gasteiger partial charge in [-0.2, -0.15) is 4.57 Å². The lowest BCUT2D eigenvalue weighted by atomic mass is 9.98. The summed E-state index contributed by atoms with van der Waals surface area (Å²) < 4.78 is 1.98. The van der Waals surface area contributed by atoms with Gasteiger partial charge in [0.25, 0.3) is 5.52 Å². The van der Waals surface area contributed by atoms with Crippen molar-refractivity contribution in [1.29, 1.82) is 0 Å². The number of phenolic OH excluding ortho intramolecular Hbond substituents is 2. The maximum absolute atomic E-state index is 10.1. The summed E-state index contributed by atoms with van der Waals surface area (Å²) >= 11 is 0. The molecular formula is C15H20NO2+. The van der Waals surface area contributed by atoms with E-state index in [-0.39, 0.29) is 17.5 Å². The molecule has 0 amide bonds. The van der Waals surface area contributed by atoms with E-state index >= 15 is 0 Å². The van der Waals surface area contributed by atoms with Crippen LogP contribution in [0.3, 0.4) is 0 Å². The van der Waals surface area contributed by atoms with Crippen LogP contribution < -0.4 is 4.57 Å². The van der Waals surface area contributed by atoms with E-state index < -0.39 is 0 Å². The zero-order valence-electron chi connectivity index (χ0n) is 11.3. The van der Waals surface area contributed by atoms with Crippen LogP contribution in [-0.2, 0) is 0 Å². The first-order valence-electron chi connectivity index (χ1n) is 6.32. The van der Waals surface area contributed by atoms with Crippen molar-refractivity contribution in [3.05, 3.63) is 30.0 Å². The van der Waals surface area contributed by atoms with Gasteiger partial charge in [-0.25, -0.2) is 0 Å². The highest BCUT2D eigenvalue weighted by molar-refractivity contribution is 5.87. The second-order valence-electron chi connectivity index (χ2n) is 5.26. The van der Waals surface area contributed by atoms with E-state index in [1.54, 1.807) is 6.07 Å². The van der Waals surface area contributed by atoms with Crippen LogP contribution in [0.1, 0.15) is 45.2 Å². The molecule has 0 saturated heterocycles. The minimum atomic E-state index is -0.0715. The van der Waals surface area contributed by atoms with Crippen LogP contribution >= 0.6 is 0 Å². The summed E-state index contributed by atoms with van der Waals surface area (Å²) in [5.74, 6) is 0.264. The lowest BCUT2D eigenvalue weighted by Gasteiger charge is -2.12. The number of aromatic nitrogens is 1. The van der Waals surface area contributed by atoms with Gasteiger partial charge in [0.15, 0.2) is 18.0 Å². The van der Waals surface area contributed by atoms with E-state index in [2.05, 4.69) is 33.8 Å². The van der Waals surface area contributed by atoms with E-state index in [4.69, 9.17) is 0 Å². The average Bonchev–Trinajstić information content (AvgIpc) is 2.32. The number of hydrogen-bond acceptors (Lipinski definition) is 2. The van der Waals surface area contributed by atoms with Crippen molar-refractivity contribution in [2.24, 2.45) is 0 Å². The van der Waals surface area contributed by atoms with Gasteiger partial charge in [0.1, 0.15) is 0 Å². The summed E-state index contributed by atoms with van der Waals surface area (Å²) in [7, 11) is 0. The van der Waals surface area contributed by atoms with Crippen molar-refractivity contribution in [1.82, 2.24) is 0 Å². The van der Waals surface area contributed by atoms with E-state index in [9.17, 15) is 10.2 Å². The fraction of sp³-hybridized carbons (Fsp3) is 0.400. The quantitative estimate of drug-likeness (QED) is 0.631. The molecule has 18 heavy (non-hydrogen) atoms. The second-order valence-corrected chi connectivity index (χ2v) is 5.26. The van der Waals surface area contributed by atoms with Crippen LogP contribution in [0.15, 0.2) is 24.4 Å². The molecule has 0 saturated carbocycles. The molecule has 0 fully saturated rings. The van der Waals surface area contributed by atoms with Gasteiger partial charge in [-0.1, -0.05) is 13.8 Å². The third-order valence-electron chi connectivity index (χ3n) is 3.29. The number of aromatic hydroxyl groups is 2. The Morgan fingerprint density at radius 2 is 1.67 bits per heavy atom. The zero-order valence-corrected chi connectivity index (χ0v) is 11.3. The first-order chi connectivity index (χ1) is 8.43. The van der Waals surface area contributed by atoms with Crippen LogP contribution in [0.2, 0.25) is 0 Å². The summed E-state index contributed by atoms with van der Waals surface area (Å²) in [5.41, 5.74) is 1.88. The Bertz CT molecular complexity index is 589. The van der Waals surface area contributed by atoms with Gasteiger partial charge in [0, 0.05) is 6.07 Å². The minimum absolute atomic E-state index is 0.0382. The molecule has 1 heterocycles. The number of rotatable bonds is 2. The van der Waals surface area contributed by atoms with Gasteiger partial charge < -0.3 is 10.2 Å². The van der Waals surface area contributed by atoms with E-state index in [0.717, 1.165) is 5.39 Å². The van der Waals surface area contributed by atoms with Crippen LogP contribution in [0, 0.1) is 0 Å². The monoisotopic (exact) mass is 246 g/mol. The number of fused-ring (bicyclic) bond motifs is 1. The van der Waals surface area contributed by atoms with Crippen LogP contribution in [-0.4, -0.2) is 10.2 Å². The largest absolute Gasteiger partial charge is 0.504 e. The lowest BCUT2D eigenvalue weighted by molar-refractivity contribution is -0.691. The summed E-state index contributed by atoms with van der Waals surface area (Å²) in [5, 5.41) is 20.8.